The molecule has 2 heterocycles. The molecular weight excluding hydrogens is 300 g/mol. The number of likely N-dealkylation sites (tertiary alicyclic amines) is 1. The lowest BCUT2D eigenvalue weighted by Crippen LogP contribution is -2.23. The van der Waals surface area contributed by atoms with Gasteiger partial charge in [-0.3, -0.25) is 4.90 Å². The van der Waals surface area contributed by atoms with Crippen molar-refractivity contribution >= 4 is 0 Å². The van der Waals surface area contributed by atoms with Crippen LogP contribution in [0.3, 0.4) is 0 Å². The fraction of sp³-hybridized carbons (Fsp3) is 0.350. The van der Waals surface area contributed by atoms with E-state index in [1.54, 1.807) is 0 Å². The van der Waals surface area contributed by atoms with Crippen LogP contribution in [0.5, 0.6) is 11.5 Å². The largest absolute Gasteiger partial charge is 0.486 e. The zero-order valence-corrected chi connectivity index (χ0v) is 13.6. The Morgan fingerprint density at radius 1 is 1.04 bits per heavy atom. The molecule has 4 nitrogen and oxygen atoms in total. The van der Waals surface area contributed by atoms with Crippen LogP contribution < -0.4 is 9.47 Å². The van der Waals surface area contributed by atoms with Crippen molar-refractivity contribution in [3.05, 3.63) is 59.2 Å². The van der Waals surface area contributed by atoms with E-state index < -0.39 is 0 Å². The molecule has 1 saturated heterocycles. The van der Waals surface area contributed by atoms with E-state index in [0.29, 0.717) is 24.8 Å². The highest BCUT2D eigenvalue weighted by atomic mass is 16.6. The second-order valence-electron chi connectivity index (χ2n) is 6.34. The Kier molecular flexibility index (Phi) is 4.10. The summed E-state index contributed by atoms with van der Waals surface area (Å²) >= 11 is 0. The highest BCUT2D eigenvalue weighted by Gasteiger charge is 2.27. The lowest BCUT2D eigenvalue weighted by Gasteiger charge is -2.26. The number of benzene rings is 2. The molecule has 1 fully saturated rings. The van der Waals surface area contributed by atoms with Crippen LogP contribution in [-0.2, 0) is 6.54 Å². The first-order valence-corrected chi connectivity index (χ1v) is 8.46. The second kappa shape index (κ2) is 6.54. The summed E-state index contributed by atoms with van der Waals surface area (Å²) in [6.07, 6.45) is 2.37. The Morgan fingerprint density at radius 3 is 2.62 bits per heavy atom. The Balaban J connectivity index is 1.53. The van der Waals surface area contributed by atoms with Crippen molar-refractivity contribution in [3.8, 4) is 17.6 Å². The Labute approximate surface area is 142 Å². The van der Waals surface area contributed by atoms with Crippen LogP contribution in [0.15, 0.2) is 42.5 Å². The maximum absolute atomic E-state index is 8.92. The molecule has 0 saturated carbocycles. The van der Waals surface area contributed by atoms with Gasteiger partial charge in [0.05, 0.1) is 11.6 Å². The Morgan fingerprint density at radius 2 is 1.83 bits per heavy atom. The second-order valence-corrected chi connectivity index (χ2v) is 6.34. The van der Waals surface area contributed by atoms with Crippen LogP contribution in [0.2, 0.25) is 0 Å². The van der Waals surface area contributed by atoms with Gasteiger partial charge in [0.1, 0.15) is 13.2 Å². The van der Waals surface area contributed by atoms with Crippen molar-refractivity contribution in [2.45, 2.75) is 25.4 Å². The van der Waals surface area contributed by atoms with Gasteiger partial charge >= 0.3 is 0 Å². The van der Waals surface area contributed by atoms with Gasteiger partial charge in [-0.25, -0.2) is 0 Å². The van der Waals surface area contributed by atoms with E-state index in [4.69, 9.17) is 14.7 Å². The minimum absolute atomic E-state index is 0.413. The Hall–Kier alpha value is -2.51. The summed E-state index contributed by atoms with van der Waals surface area (Å²) in [6.45, 7) is 3.25. The molecule has 122 valence electrons. The van der Waals surface area contributed by atoms with E-state index in [1.807, 2.05) is 18.2 Å². The fourth-order valence-electron chi connectivity index (χ4n) is 3.58. The van der Waals surface area contributed by atoms with Crippen molar-refractivity contribution in [1.82, 2.24) is 4.90 Å². The molecule has 1 unspecified atom stereocenters. The first kappa shape index (κ1) is 15.0. The summed E-state index contributed by atoms with van der Waals surface area (Å²) in [5, 5.41) is 8.92. The number of hydrogen-bond acceptors (Lipinski definition) is 4. The highest BCUT2D eigenvalue weighted by molar-refractivity contribution is 5.45. The normalized spacial score (nSPS) is 19.9. The number of nitrogens with zero attached hydrogens (tertiary/aromatic N) is 2. The minimum atomic E-state index is 0.413. The third-order valence-electron chi connectivity index (χ3n) is 4.78. The van der Waals surface area contributed by atoms with Gasteiger partial charge in [0.25, 0.3) is 0 Å². The number of fused-ring (bicyclic) bond motifs is 1. The highest BCUT2D eigenvalue weighted by Crippen LogP contribution is 2.38. The van der Waals surface area contributed by atoms with Crippen LogP contribution in [0.1, 0.15) is 35.6 Å². The van der Waals surface area contributed by atoms with Crippen molar-refractivity contribution < 1.29 is 9.47 Å². The summed E-state index contributed by atoms with van der Waals surface area (Å²) in [4.78, 5) is 2.51. The van der Waals surface area contributed by atoms with E-state index in [1.165, 1.54) is 17.5 Å². The molecular formula is C20H20N2O2. The molecule has 2 aromatic rings. The molecule has 2 aliphatic heterocycles. The number of hydrogen-bond donors (Lipinski definition) is 0. The summed E-state index contributed by atoms with van der Waals surface area (Å²) < 4.78 is 11.3. The van der Waals surface area contributed by atoms with E-state index in [2.05, 4.69) is 35.2 Å². The molecule has 4 heteroatoms. The van der Waals surface area contributed by atoms with Gasteiger partial charge in [0.15, 0.2) is 11.5 Å². The lowest BCUT2D eigenvalue weighted by atomic mass is 10.0. The third kappa shape index (κ3) is 2.95. The van der Waals surface area contributed by atoms with Gasteiger partial charge in [-0.05, 0) is 54.8 Å². The quantitative estimate of drug-likeness (QED) is 0.865. The lowest BCUT2D eigenvalue weighted by molar-refractivity contribution is 0.170. The molecule has 0 radical (unpaired) electrons. The van der Waals surface area contributed by atoms with Gasteiger partial charge in [0.2, 0.25) is 0 Å². The molecule has 0 N–H and O–H groups in total. The van der Waals surface area contributed by atoms with E-state index in [-0.39, 0.29) is 0 Å². The van der Waals surface area contributed by atoms with Crippen LogP contribution in [0.25, 0.3) is 0 Å². The number of nitriles is 1. The summed E-state index contributed by atoms with van der Waals surface area (Å²) in [5.74, 6) is 1.71. The molecule has 1 atom stereocenters. The van der Waals surface area contributed by atoms with E-state index in [0.717, 1.165) is 31.0 Å². The van der Waals surface area contributed by atoms with Crippen molar-refractivity contribution in [2.24, 2.45) is 0 Å². The Bertz CT molecular complexity index is 764. The molecule has 4 rings (SSSR count). The van der Waals surface area contributed by atoms with Gasteiger partial charge in [-0.15, -0.1) is 0 Å². The molecule has 0 aliphatic carbocycles. The molecule has 2 aliphatic rings. The summed E-state index contributed by atoms with van der Waals surface area (Å²) in [5.41, 5.74) is 3.26. The minimum Gasteiger partial charge on any atom is -0.486 e. The third-order valence-corrected chi connectivity index (χ3v) is 4.78. The first-order valence-electron chi connectivity index (χ1n) is 8.46. The average molecular weight is 320 g/mol. The fourth-order valence-corrected chi connectivity index (χ4v) is 3.58. The van der Waals surface area contributed by atoms with Crippen LogP contribution >= 0.6 is 0 Å². The van der Waals surface area contributed by atoms with Crippen LogP contribution in [0, 0.1) is 11.3 Å². The van der Waals surface area contributed by atoms with Crippen LogP contribution in [0.4, 0.5) is 0 Å². The van der Waals surface area contributed by atoms with Crippen molar-refractivity contribution in [1.29, 1.82) is 5.26 Å². The van der Waals surface area contributed by atoms with Crippen molar-refractivity contribution in [2.75, 3.05) is 19.8 Å². The van der Waals surface area contributed by atoms with Crippen LogP contribution in [-0.4, -0.2) is 24.7 Å². The molecule has 0 aromatic heterocycles. The SMILES string of the molecule is N#Cc1ccc(CN2CCCC2c2ccc3c(c2)OCCO3)cc1. The average Bonchev–Trinajstić information content (AvgIpc) is 3.10. The zero-order valence-electron chi connectivity index (χ0n) is 13.6. The predicted octanol–water partition coefficient (Wildman–Crippen LogP) is 3.67. The number of rotatable bonds is 3. The molecule has 24 heavy (non-hydrogen) atoms. The van der Waals surface area contributed by atoms with Crippen molar-refractivity contribution in [3.63, 3.8) is 0 Å². The molecule has 0 spiro atoms. The smallest absolute Gasteiger partial charge is 0.161 e. The molecule has 0 amide bonds. The maximum atomic E-state index is 8.92. The topological polar surface area (TPSA) is 45.5 Å². The maximum Gasteiger partial charge on any atom is 0.161 e. The zero-order chi connectivity index (χ0) is 16.4. The first-order chi connectivity index (χ1) is 11.8. The summed E-state index contributed by atoms with van der Waals surface area (Å²) in [7, 11) is 0. The van der Waals surface area contributed by atoms with Gasteiger partial charge in [0, 0.05) is 12.6 Å². The van der Waals surface area contributed by atoms with Gasteiger partial charge in [-0.2, -0.15) is 5.26 Å². The van der Waals surface area contributed by atoms with E-state index in [9.17, 15) is 0 Å². The number of ether oxygens (including phenoxy) is 2. The standard InChI is InChI=1S/C20H20N2O2/c21-13-15-3-5-16(6-4-15)14-22-9-1-2-18(22)17-7-8-19-20(12-17)24-11-10-23-19/h3-8,12,18H,1-2,9-11,14H2. The van der Waals surface area contributed by atoms with Gasteiger partial charge in [-0.1, -0.05) is 18.2 Å². The van der Waals surface area contributed by atoms with E-state index >= 15 is 0 Å². The van der Waals surface area contributed by atoms with Gasteiger partial charge < -0.3 is 9.47 Å². The monoisotopic (exact) mass is 320 g/mol. The molecule has 2 aromatic carbocycles. The summed E-state index contributed by atoms with van der Waals surface area (Å²) in [6, 6.07) is 16.8. The molecule has 0 bridgehead atoms. The predicted molar refractivity (Wildman–Crippen MR) is 91.0 cm³/mol.